The van der Waals surface area contributed by atoms with Gasteiger partial charge >= 0.3 is 5.97 Å². The van der Waals surface area contributed by atoms with E-state index in [2.05, 4.69) is 18.8 Å². The van der Waals surface area contributed by atoms with Crippen molar-refractivity contribution in [3.63, 3.8) is 0 Å². The molecule has 0 amide bonds. The van der Waals surface area contributed by atoms with Gasteiger partial charge in [-0.25, -0.2) is 4.79 Å². The number of hydrogen-bond donors (Lipinski definition) is 1. The fraction of sp³-hybridized carbons (Fsp3) is 0.500. The first-order chi connectivity index (χ1) is 10.2. The number of ether oxygens (including phenoxy) is 1. The summed E-state index contributed by atoms with van der Waals surface area (Å²) < 4.78 is 5.44. The fourth-order valence-corrected chi connectivity index (χ4v) is 1.92. The van der Waals surface area contributed by atoms with E-state index in [0.29, 0.717) is 18.8 Å². The van der Waals surface area contributed by atoms with E-state index >= 15 is 0 Å². The Morgan fingerprint density at radius 1 is 1.10 bits per heavy atom. The van der Waals surface area contributed by atoms with Crippen LogP contribution >= 0.6 is 0 Å². The molecular weight excluding hydrogens is 264 g/mol. The van der Waals surface area contributed by atoms with Crippen molar-refractivity contribution in [3.05, 3.63) is 35.4 Å². The molecule has 0 fully saturated rings. The van der Waals surface area contributed by atoms with Gasteiger partial charge in [-0.3, -0.25) is 0 Å². The van der Waals surface area contributed by atoms with Gasteiger partial charge in [0.05, 0.1) is 12.2 Å². The smallest absolute Gasteiger partial charge is 0.335 e. The molecule has 3 heteroatoms. The van der Waals surface area contributed by atoms with Gasteiger partial charge < -0.3 is 9.84 Å². The van der Waals surface area contributed by atoms with Gasteiger partial charge in [-0.1, -0.05) is 50.7 Å². The highest BCUT2D eigenvalue weighted by molar-refractivity contribution is 5.87. The number of rotatable bonds is 9. The Morgan fingerprint density at radius 2 is 1.81 bits per heavy atom. The normalized spacial score (nSPS) is 9.95. The Hall–Kier alpha value is -1.79. The summed E-state index contributed by atoms with van der Waals surface area (Å²) in [6.45, 7) is 3.10. The Bertz CT molecular complexity index is 465. The van der Waals surface area contributed by atoms with Crippen LogP contribution < -0.4 is 0 Å². The Kier molecular flexibility index (Phi) is 8.99. The van der Waals surface area contributed by atoms with Gasteiger partial charge in [0.15, 0.2) is 0 Å². The summed E-state index contributed by atoms with van der Waals surface area (Å²) in [7, 11) is 0. The van der Waals surface area contributed by atoms with Gasteiger partial charge in [-0.05, 0) is 24.1 Å². The summed E-state index contributed by atoms with van der Waals surface area (Å²) >= 11 is 0. The van der Waals surface area contributed by atoms with E-state index in [0.717, 1.165) is 12.0 Å². The highest BCUT2D eigenvalue weighted by Gasteiger charge is 2.01. The molecular formula is C18H24O3. The molecule has 21 heavy (non-hydrogen) atoms. The summed E-state index contributed by atoms with van der Waals surface area (Å²) in [5.74, 6) is 5.22. The van der Waals surface area contributed by atoms with Gasteiger partial charge in [0.1, 0.15) is 6.61 Å². The van der Waals surface area contributed by atoms with E-state index in [1.165, 1.54) is 32.1 Å². The predicted octanol–water partition coefficient (Wildman–Crippen LogP) is 4.27. The van der Waals surface area contributed by atoms with Crippen molar-refractivity contribution in [2.45, 2.75) is 52.1 Å². The van der Waals surface area contributed by atoms with Crippen molar-refractivity contribution in [3.8, 4) is 11.8 Å². The minimum absolute atomic E-state index is 0.293. The van der Waals surface area contributed by atoms with Crippen LogP contribution in [0.5, 0.6) is 0 Å². The van der Waals surface area contributed by atoms with Crippen molar-refractivity contribution in [1.82, 2.24) is 0 Å². The molecule has 0 saturated heterocycles. The quantitative estimate of drug-likeness (QED) is 0.545. The molecule has 0 spiro atoms. The number of aromatic carboxylic acids is 1. The summed E-state index contributed by atoms with van der Waals surface area (Å²) in [6, 6.07) is 6.71. The first kappa shape index (κ1) is 17.3. The average molecular weight is 288 g/mol. The lowest BCUT2D eigenvalue weighted by Crippen LogP contribution is -1.97. The van der Waals surface area contributed by atoms with Crippen LogP contribution in [0, 0.1) is 11.8 Å². The molecule has 0 aliphatic rings. The van der Waals surface area contributed by atoms with E-state index in [9.17, 15) is 4.79 Å². The van der Waals surface area contributed by atoms with E-state index in [1.807, 2.05) is 0 Å². The molecule has 0 unspecified atom stereocenters. The number of hydrogen-bond acceptors (Lipinski definition) is 2. The van der Waals surface area contributed by atoms with Crippen LogP contribution in [0.2, 0.25) is 0 Å². The van der Waals surface area contributed by atoms with Crippen molar-refractivity contribution < 1.29 is 14.6 Å². The van der Waals surface area contributed by atoms with Crippen LogP contribution in [0.25, 0.3) is 0 Å². The van der Waals surface area contributed by atoms with E-state index < -0.39 is 5.97 Å². The summed E-state index contributed by atoms with van der Waals surface area (Å²) in [5, 5.41) is 8.79. The first-order valence-electron chi connectivity index (χ1n) is 7.59. The van der Waals surface area contributed by atoms with Crippen LogP contribution in [0.1, 0.15) is 61.4 Å². The summed E-state index contributed by atoms with van der Waals surface area (Å²) in [5.41, 5.74) is 1.25. The Balaban J connectivity index is 2.10. The third-order valence-corrected chi connectivity index (χ3v) is 3.17. The molecule has 1 N–H and O–H groups in total. The van der Waals surface area contributed by atoms with Crippen LogP contribution in [-0.2, 0) is 11.3 Å². The molecule has 0 heterocycles. The molecule has 0 atom stereocenters. The number of unbranched alkanes of at least 4 members (excludes halogenated alkanes) is 5. The van der Waals surface area contributed by atoms with Crippen molar-refractivity contribution in [2.75, 3.05) is 6.61 Å². The van der Waals surface area contributed by atoms with Crippen LogP contribution in [0.15, 0.2) is 24.3 Å². The van der Waals surface area contributed by atoms with E-state index in [-0.39, 0.29) is 0 Å². The van der Waals surface area contributed by atoms with Gasteiger partial charge in [-0.15, -0.1) is 5.92 Å². The maximum absolute atomic E-state index is 10.7. The lowest BCUT2D eigenvalue weighted by molar-refractivity contribution is 0.0696. The number of benzene rings is 1. The molecule has 0 radical (unpaired) electrons. The minimum atomic E-state index is -0.910. The van der Waals surface area contributed by atoms with Crippen LogP contribution in [0.4, 0.5) is 0 Å². The second kappa shape index (κ2) is 10.9. The Labute approximate surface area is 127 Å². The fourth-order valence-electron chi connectivity index (χ4n) is 1.92. The van der Waals surface area contributed by atoms with Gasteiger partial charge in [0.25, 0.3) is 0 Å². The zero-order chi connectivity index (χ0) is 15.3. The largest absolute Gasteiger partial charge is 0.478 e. The lowest BCUT2D eigenvalue weighted by Gasteiger charge is -2.01. The monoisotopic (exact) mass is 288 g/mol. The van der Waals surface area contributed by atoms with Crippen molar-refractivity contribution >= 4 is 5.97 Å². The molecule has 0 aliphatic carbocycles. The molecule has 0 aromatic heterocycles. The molecule has 0 aliphatic heterocycles. The second-order valence-electron chi connectivity index (χ2n) is 5.01. The molecule has 1 rings (SSSR count). The molecule has 0 bridgehead atoms. The van der Waals surface area contributed by atoms with E-state index in [4.69, 9.17) is 9.84 Å². The second-order valence-corrected chi connectivity index (χ2v) is 5.01. The van der Waals surface area contributed by atoms with E-state index in [1.54, 1.807) is 24.3 Å². The number of carbonyl (C=O) groups is 1. The molecule has 114 valence electrons. The maximum Gasteiger partial charge on any atom is 0.335 e. The minimum Gasteiger partial charge on any atom is -0.478 e. The van der Waals surface area contributed by atoms with Crippen LogP contribution in [-0.4, -0.2) is 17.7 Å². The SMILES string of the molecule is CCCCCCCC#CCOCc1ccc(C(=O)O)cc1. The highest BCUT2D eigenvalue weighted by Crippen LogP contribution is 2.06. The predicted molar refractivity (Wildman–Crippen MR) is 84.2 cm³/mol. The lowest BCUT2D eigenvalue weighted by atomic mass is 10.1. The molecule has 0 saturated carbocycles. The van der Waals surface area contributed by atoms with Gasteiger partial charge in [-0.2, -0.15) is 0 Å². The zero-order valence-electron chi connectivity index (χ0n) is 12.7. The topological polar surface area (TPSA) is 46.5 Å². The maximum atomic E-state index is 10.7. The third kappa shape index (κ3) is 8.16. The van der Waals surface area contributed by atoms with Crippen LogP contribution in [0.3, 0.4) is 0 Å². The standard InChI is InChI=1S/C18H24O3/c1-2-3-4-5-6-7-8-9-14-21-15-16-10-12-17(13-11-16)18(19)20/h10-13H,2-7,14-15H2,1H3,(H,19,20). The zero-order valence-corrected chi connectivity index (χ0v) is 12.7. The Morgan fingerprint density at radius 3 is 2.48 bits per heavy atom. The summed E-state index contributed by atoms with van der Waals surface area (Å²) in [4.78, 5) is 10.7. The van der Waals surface area contributed by atoms with Gasteiger partial charge in [0.2, 0.25) is 0 Å². The van der Waals surface area contributed by atoms with Crippen molar-refractivity contribution in [1.29, 1.82) is 0 Å². The number of carboxylic acid groups (broad SMARTS) is 1. The average Bonchev–Trinajstić information content (AvgIpc) is 2.49. The first-order valence-corrected chi connectivity index (χ1v) is 7.59. The summed E-state index contributed by atoms with van der Waals surface area (Å²) in [6.07, 6.45) is 7.27. The van der Waals surface area contributed by atoms with Crippen molar-refractivity contribution in [2.24, 2.45) is 0 Å². The van der Waals surface area contributed by atoms with Gasteiger partial charge in [0, 0.05) is 6.42 Å². The molecule has 1 aromatic carbocycles. The molecule has 1 aromatic rings. The molecule has 3 nitrogen and oxygen atoms in total. The highest BCUT2D eigenvalue weighted by atomic mass is 16.5. The third-order valence-electron chi connectivity index (χ3n) is 3.17. The number of carboxylic acids is 1.